The van der Waals surface area contributed by atoms with Crippen LogP contribution in [-0.2, 0) is 4.79 Å². The highest BCUT2D eigenvalue weighted by molar-refractivity contribution is 5.87. The second-order valence-corrected chi connectivity index (χ2v) is 4.63. The Hall–Kier alpha value is -2.34. The molecule has 3 rings (SSSR count). The first-order valence-corrected chi connectivity index (χ1v) is 6.44. The van der Waals surface area contributed by atoms with E-state index in [1.807, 2.05) is 35.4 Å². The molecule has 0 unspecified atom stereocenters. The van der Waals surface area contributed by atoms with Crippen molar-refractivity contribution in [1.29, 1.82) is 0 Å². The largest absolute Gasteiger partial charge is 0.332 e. The lowest BCUT2D eigenvalue weighted by molar-refractivity contribution is -0.127. The van der Waals surface area contributed by atoms with Crippen molar-refractivity contribution in [3.05, 3.63) is 42.2 Å². The van der Waals surface area contributed by atoms with Gasteiger partial charge in [-0.2, -0.15) is 0 Å². The summed E-state index contributed by atoms with van der Waals surface area (Å²) in [6.07, 6.45) is 5.24. The third-order valence-electron chi connectivity index (χ3n) is 3.33. The van der Waals surface area contributed by atoms with Crippen molar-refractivity contribution in [2.75, 3.05) is 13.1 Å². The van der Waals surface area contributed by atoms with Gasteiger partial charge in [-0.25, -0.2) is 0 Å². The summed E-state index contributed by atoms with van der Waals surface area (Å²) in [5, 5.41) is 2.20. The van der Waals surface area contributed by atoms with Crippen LogP contribution < -0.4 is 0 Å². The molecule has 19 heavy (non-hydrogen) atoms. The van der Waals surface area contributed by atoms with E-state index >= 15 is 0 Å². The van der Waals surface area contributed by atoms with Gasteiger partial charge in [-0.05, 0) is 6.42 Å². The summed E-state index contributed by atoms with van der Waals surface area (Å²) in [7, 11) is 0. The molecule has 0 spiro atoms. The summed E-state index contributed by atoms with van der Waals surface area (Å²) in [5.74, 6) is 6.42. The number of fused-ring (bicyclic) bond motifs is 1. The van der Waals surface area contributed by atoms with E-state index in [1.54, 1.807) is 6.20 Å². The van der Waals surface area contributed by atoms with Gasteiger partial charge in [0.25, 0.3) is 0 Å². The molecular weight excluding hydrogens is 236 g/mol. The molecule has 0 atom stereocenters. The van der Waals surface area contributed by atoms with Crippen molar-refractivity contribution in [1.82, 2.24) is 9.88 Å². The number of hydrogen-bond acceptors (Lipinski definition) is 2. The Kier molecular flexibility index (Phi) is 3.16. The maximum absolute atomic E-state index is 11.5. The predicted octanol–water partition coefficient (Wildman–Crippen LogP) is 2.21. The zero-order chi connectivity index (χ0) is 13.1. The number of aromatic nitrogens is 1. The minimum Gasteiger partial charge on any atom is -0.332 e. The van der Waals surface area contributed by atoms with Gasteiger partial charge >= 0.3 is 0 Å². The number of rotatable bonds is 1. The van der Waals surface area contributed by atoms with E-state index in [0.29, 0.717) is 13.0 Å². The number of hydrogen-bond donors (Lipinski definition) is 0. The molecule has 1 fully saturated rings. The van der Waals surface area contributed by atoms with E-state index in [4.69, 9.17) is 0 Å². The zero-order valence-electron chi connectivity index (χ0n) is 10.6. The van der Waals surface area contributed by atoms with Gasteiger partial charge in [0.15, 0.2) is 0 Å². The van der Waals surface area contributed by atoms with Gasteiger partial charge < -0.3 is 4.90 Å². The maximum atomic E-state index is 11.5. The minimum absolute atomic E-state index is 0.213. The third-order valence-corrected chi connectivity index (χ3v) is 3.33. The van der Waals surface area contributed by atoms with E-state index in [-0.39, 0.29) is 5.91 Å². The molecule has 3 heteroatoms. The third kappa shape index (κ3) is 2.43. The minimum atomic E-state index is 0.213. The second kappa shape index (κ2) is 5.11. The Morgan fingerprint density at radius 3 is 3.00 bits per heavy atom. The van der Waals surface area contributed by atoms with E-state index in [9.17, 15) is 4.79 Å². The van der Waals surface area contributed by atoms with Crippen LogP contribution in [0.2, 0.25) is 0 Å². The summed E-state index contributed by atoms with van der Waals surface area (Å²) in [4.78, 5) is 17.5. The molecule has 0 bridgehead atoms. The molecule has 1 amide bonds. The van der Waals surface area contributed by atoms with Crippen molar-refractivity contribution in [2.24, 2.45) is 0 Å². The number of benzene rings is 1. The summed E-state index contributed by atoms with van der Waals surface area (Å²) < 4.78 is 0. The Morgan fingerprint density at radius 2 is 2.16 bits per heavy atom. The molecule has 1 aliphatic heterocycles. The number of amides is 1. The topological polar surface area (TPSA) is 33.2 Å². The Morgan fingerprint density at radius 1 is 1.26 bits per heavy atom. The highest BCUT2D eigenvalue weighted by atomic mass is 16.2. The van der Waals surface area contributed by atoms with Gasteiger partial charge in [0.2, 0.25) is 5.91 Å². The second-order valence-electron chi connectivity index (χ2n) is 4.63. The van der Waals surface area contributed by atoms with Crippen LogP contribution in [0.4, 0.5) is 0 Å². The predicted molar refractivity (Wildman–Crippen MR) is 74.4 cm³/mol. The van der Waals surface area contributed by atoms with Gasteiger partial charge in [-0.3, -0.25) is 9.78 Å². The molecule has 1 aliphatic rings. The average Bonchev–Trinajstić information content (AvgIpc) is 2.85. The standard InChI is InChI=1S/C16H14N2O/c19-16-8-4-10-18(16)9-3-6-14-12-17-11-13-5-1-2-7-15(13)14/h1-2,5,7,11-12H,4,8-10H2. The van der Waals surface area contributed by atoms with Crippen LogP contribution in [-0.4, -0.2) is 28.9 Å². The highest BCUT2D eigenvalue weighted by Gasteiger charge is 2.18. The smallest absolute Gasteiger partial charge is 0.223 e. The van der Waals surface area contributed by atoms with Crippen LogP contribution in [0, 0.1) is 11.8 Å². The summed E-state index contributed by atoms with van der Waals surface area (Å²) in [5.41, 5.74) is 0.921. The fraction of sp³-hybridized carbons (Fsp3) is 0.250. The number of likely N-dealkylation sites (tertiary alicyclic amines) is 1. The van der Waals surface area contributed by atoms with Gasteiger partial charge in [-0.1, -0.05) is 36.1 Å². The van der Waals surface area contributed by atoms with Gasteiger partial charge in [0.05, 0.1) is 12.1 Å². The lowest BCUT2D eigenvalue weighted by atomic mass is 10.1. The molecule has 2 aromatic rings. The van der Waals surface area contributed by atoms with E-state index < -0.39 is 0 Å². The van der Waals surface area contributed by atoms with Crippen LogP contribution in [0.15, 0.2) is 36.7 Å². The maximum Gasteiger partial charge on any atom is 0.223 e. The number of carbonyl (C=O) groups excluding carboxylic acids is 1. The number of carbonyl (C=O) groups is 1. The molecule has 0 N–H and O–H groups in total. The Labute approximate surface area is 112 Å². The van der Waals surface area contributed by atoms with Crippen LogP contribution in [0.1, 0.15) is 18.4 Å². The Balaban J connectivity index is 1.84. The average molecular weight is 250 g/mol. The van der Waals surface area contributed by atoms with Crippen LogP contribution >= 0.6 is 0 Å². The van der Waals surface area contributed by atoms with Crippen molar-refractivity contribution < 1.29 is 4.79 Å². The van der Waals surface area contributed by atoms with Gasteiger partial charge in [0, 0.05) is 36.1 Å². The molecule has 0 radical (unpaired) electrons. The first-order valence-electron chi connectivity index (χ1n) is 6.44. The quantitative estimate of drug-likeness (QED) is 0.727. The van der Waals surface area contributed by atoms with Crippen LogP contribution in [0.3, 0.4) is 0 Å². The first-order chi connectivity index (χ1) is 9.34. The fourth-order valence-corrected chi connectivity index (χ4v) is 2.32. The summed E-state index contributed by atoms with van der Waals surface area (Å²) in [6.45, 7) is 1.35. The lowest BCUT2D eigenvalue weighted by Gasteiger charge is -2.09. The van der Waals surface area contributed by atoms with Crippen molar-refractivity contribution in [3.63, 3.8) is 0 Å². The van der Waals surface area contributed by atoms with Crippen molar-refractivity contribution >= 4 is 16.7 Å². The molecule has 0 aliphatic carbocycles. The normalized spacial score (nSPS) is 14.5. The van der Waals surface area contributed by atoms with Crippen molar-refractivity contribution in [2.45, 2.75) is 12.8 Å². The molecule has 1 aromatic heterocycles. The van der Waals surface area contributed by atoms with E-state index in [2.05, 4.69) is 16.8 Å². The molecule has 1 aromatic carbocycles. The molecular formula is C16H14N2O. The van der Waals surface area contributed by atoms with Crippen LogP contribution in [0.5, 0.6) is 0 Å². The van der Waals surface area contributed by atoms with Crippen molar-refractivity contribution in [3.8, 4) is 11.8 Å². The monoisotopic (exact) mass is 250 g/mol. The molecule has 3 nitrogen and oxygen atoms in total. The SMILES string of the molecule is O=C1CCCN1CC#Cc1cncc2ccccc12. The molecule has 94 valence electrons. The first kappa shape index (κ1) is 11.7. The number of pyridine rings is 1. The van der Waals surface area contributed by atoms with Crippen LogP contribution in [0.25, 0.3) is 10.8 Å². The molecule has 1 saturated heterocycles. The summed E-state index contributed by atoms with van der Waals surface area (Å²) >= 11 is 0. The van der Waals surface area contributed by atoms with Gasteiger partial charge in [-0.15, -0.1) is 0 Å². The van der Waals surface area contributed by atoms with E-state index in [0.717, 1.165) is 29.3 Å². The fourth-order valence-electron chi connectivity index (χ4n) is 2.32. The highest BCUT2D eigenvalue weighted by Crippen LogP contribution is 2.15. The number of nitrogens with zero attached hydrogens (tertiary/aromatic N) is 2. The Bertz CT molecular complexity index is 676. The van der Waals surface area contributed by atoms with E-state index in [1.165, 1.54) is 0 Å². The summed E-state index contributed by atoms with van der Waals surface area (Å²) in [6, 6.07) is 8.06. The van der Waals surface area contributed by atoms with Gasteiger partial charge in [0.1, 0.15) is 0 Å². The zero-order valence-corrected chi connectivity index (χ0v) is 10.6. The molecule has 0 saturated carbocycles. The lowest BCUT2D eigenvalue weighted by Crippen LogP contribution is -2.24. The molecule has 2 heterocycles.